The second-order valence-corrected chi connectivity index (χ2v) is 9.08. The molecular weight excluding hydrogens is 514 g/mol. The van der Waals surface area contributed by atoms with Gasteiger partial charge in [0.05, 0.1) is 0 Å². The summed E-state index contributed by atoms with van der Waals surface area (Å²) in [4.78, 5) is 13.3. The average molecular weight is 528 g/mol. The first-order valence-corrected chi connectivity index (χ1v) is 11.0. The van der Waals surface area contributed by atoms with Gasteiger partial charge < -0.3 is 0 Å². The zero-order valence-electron chi connectivity index (χ0n) is 14.1. The Labute approximate surface area is 183 Å². The van der Waals surface area contributed by atoms with E-state index in [-0.39, 0.29) is 12.0 Å². The standard InChI is InChI=1S/C19H14AsBrCl2N2O2/c20-13-8-16(23)14(21)7-11(13)19(26)10-4-5-15(22)18-12(10)9-25(24-18)17-3-1-2-6-27-17/h4-5,7-9,17H,1-3,6H2. The fraction of sp³-hybridized carbons (Fsp3) is 0.263. The van der Waals surface area contributed by atoms with Gasteiger partial charge in [-0.25, -0.2) is 0 Å². The van der Waals surface area contributed by atoms with E-state index in [1.807, 2.05) is 6.20 Å². The van der Waals surface area contributed by atoms with Crippen LogP contribution in [0.15, 0.2) is 34.9 Å². The Kier molecular flexibility index (Phi) is 5.69. The van der Waals surface area contributed by atoms with Crippen molar-refractivity contribution in [1.82, 2.24) is 9.78 Å². The monoisotopic (exact) mass is 526 g/mol. The van der Waals surface area contributed by atoms with Crippen molar-refractivity contribution in [2.45, 2.75) is 25.5 Å². The van der Waals surface area contributed by atoms with Crippen LogP contribution in [0.25, 0.3) is 10.9 Å². The molecule has 1 aliphatic heterocycles. The second kappa shape index (κ2) is 7.88. The molecule has 1 fully saturated rings. The normalized spacial score (nSPS) is 17.4. The minimum absolute atomic E-state index is 0.103. The molecule has 3 aromatic rings. The van der Waals surface area contributed by atoms with Crippen molar-refractivity contribution in [3.63, 3.8) is 0 Å². The number of ether oxygens (including phenoxy) is 1. The number of ketones is 1. The van der Waals surface area contributed by atoms with Gasteiger partial charge in [-0.1, -0.05) is 0 Å². The Balaban J connectivity index is 1.82. The van der Waals surface area contributed by atoms with Crippen LogP contribution in [0.3, 0.4) is 0 Å². The number of rotatable bonds is 3. The summed E-state index contributed by atoms with van der Waals surface area (Å²) in [6.45, 7) is 0.719. The van der Waals surface area contributed by atoms with Gasteiger partial charge in [-0.15, -0.1) is 0 Å². The first-order chi connectivity index (χ1) is 13.0. The van der Waals surface area contributed by atoms with Crippen LogP contribution in [0.2, 0.25) is 10.0 Å². The van der Waals surface area contributed by atoms with Gasteiger partial charge in [0.25, 0.3) is 0 Å². The molecule has 0 saturated carbocycles. The zero-order valence-corrected chi connectivity index (χ0v) is 19.1. The number of fused-ring (bicyclic) bond motifs is 1. The molecule has 27 heavy (non-hydrogen) atoms. The van der Waals surface area contributed by atoms with Crippen LogP contribution >= 0.6 is 39.1 Å². The predicted molar refractivity (Wildman–Crippen MR) is 112 cm³/mol. The average Bonchev–Trinajstić information content (AvgIpc) is 3.11. The van der Waals surface area contributed by atoms with E-state index >= 15 is 0 Å². The van der Waals surface area contributed by atoms with Crippen LogP contribution < -0.4 is 4.35 Å². The van der Waals surface area contributed by atoms with Gasteiger partial charge in [0.15, 0.2) is 0 Å². The molecule has 4 nitrogen and oxygen atoms in total. The van der Waals surface area contributed by atoms with Gasteiger partial charge in [0.1, 0.15) is 0 Å². The Bertz CT molecular complexity index is 1050. The topological polar surface area (TPSA) is 44.1 Å². The molecule has 4 rings (SSSR count). The molecule has 0 bridgehead atoms. The molecule has 2 radical (unpaired) electrons. The summed E-state index contributed by atoms with van der Waals surface area (Å²) in [6.07, 6.45) is 4.80. The maximum atomic E-state index is 13.3. The third-order valence-electron chi connectivity index (χ3n) is 4.62. The summed E-state index contributed by atoms with van der Waals surface area (Å²) in [5.41, 5.74) is 1.73. The number of hydrogen-bond donors (Lipinski definition) is 0. The van der Waals surface area contributed by atoms with Crippen LogP contribution in [0.4, 0.5) is 0 Å². The minimum atomic E-state index is -0.117. The molecule has 8 heteroatoms. The van der Waals surface area contributed by atoms with Crippen LogP contribution in [0, 0.1) is 0 Å². The van der Waals surface area contributed by atoms with E-state index in [1.54, 1.807) is 28.9 Å². The van der Waals surface area contributed by atoms with Crippen LogP contribution in [0.1, 0.15) is 41.4 Å². The number of benzene rings is 2. The van der Waals surface area contributed by atoms with Crippen molar-refractivity contribution in [2.24, 2.45) is 0 Å². The molecular formula is C19H14AsBrCl2N2O2. The molecule has 0 aliphatic carbocycles. The summed E-state index contributed by atoms with van der Waals surface area (Å²) >= 11 is 18.3. The number of carbonyl (C=O) groups excluding carboxylic acids is 1. The predicted octanol–water partition coefficient (Wildman–Crippen LogP) is 4.83. The van der Waals surface area contributed by atoms with Crippen molar-refractivity contribution in [3.8, 4) is 0 Å². The third kappa shape index (κ3) is 3.73. The first kappa shape index (κ1) is 19.5. The van der Waals surface area contributed by atoms with E-state index in [4.69, 9.17) is 27.9 Å². The van der Waals surface area contributed by atoms with E-state index in [0.29, 0.717) is 31.2 Å². The molecule has 1 atom stereocenters. The number of nitrogens with zero attached hydrogens (tertiary/aromatic N) is 2. The maximum absolute atomic E-state index is 13.3. The fourth-order valence-corrected chi connectivity index (χ4v) is 4.73. The summed E-state index contributed by atoms with van der Waals surface area (Å²) in [7, 11) is 0. The Morgan fingerprint density at radius 1 is 1.22 bits per heavy atom. The van der Waals surface area contributed by atoms with E-state index in [9.17, 15) is 4.79 Å². The Morgan fingerprint density at radius 2 is 2.04 bits per heavy atom. The molecule has 0 spiro atoms. The van der Waals surface area contributed by atoms with Crippen LogP contribution in [-0.2, 0) is 4.74 Å². The first-order valence-electron chi connectivity index (χ1n) is 8.47. The summed E-state index contributed by atoms with van der Waals surface area (Å²) in [6, 6.07) is 6.96. The van der Waals surface area contributed by atoms with E-state index in [2.05, 4.69) is 37.9 Å². The van der Waals surface area contributed by atoms with Gasteiger partial charge >= 0.3 is 185 Å². The van der Waals surface area contributed by atoms with Gasteiger partial charge in [-0.3, -0.25) is 0 Å². The van der Waals surface area contributed by atoms with Gasteiger partial charge in [-0.2, -0.15) is 0 Å². The molecule has 1 unspecified atom stereocenters. The molecule has 138 valence electrons. The molecule has 2 aromatic carbocycles. The summed E-state index contributed by atoms with van der Waals surface area (Å²) in [5, 5.41) is 6.40. The van der Waals surface area contributed by atoms with Crippen molar-refractivity contribution >= 4 is 77.0 Å². The molecule has 1 aliphatic rings. The SMILES string of the molecule is O=C(c1cc(Br)c(Cl)cc1[As])c1ccc(Cl)c2nn(C3CCCCO3)cc12. The molecule has 1 saturated heterocycles. The number of halogens is 3. The number of carbonyl (C=O) groups is 1. The summed E-state index contributed by atoms with van der Waals surface area (Å²) < 4.78 is 9.04. The molecule has 1 aromatic heterocycles. The molecule has 0 N–H and O–H groups in total. The Morgan fingerprint density at radius 3 is 2.78 bits per heavy atom. The molecule has 2 heterocycles. The number of aromatic nitrogens is 2. The molecule has 0 amide bonds. The van der Waals surface area contributed by atoms with Gasteiger partial charge in [0, 0.05) is 0 Å². The van der Waals surface area contributed by atoms with Gasteiger partial charge in [0.2, 0.25) is 0 Å². The van der Waals surface area contributed by atoms with Crippen molar-refractivity contribution in [1.29, 1.82) is 0 Å². The van der Waals surface area contributed by atoms with Crippen molar-refractivity contribution in [3.05, 3.63) is 56.1 Å². The van der Waals surface area contributed by atoms with E-state index in [1.165, 1.54) is 0 Å². The van der Waals surface area contributed by atoms with E-state index in [0.717, 1.165) is 35.6 Å². The third-order valence-corrected chi connectivity index (χ3v) is 6.90. The summed E-state index contributed by atoms with van der Waals surface area (Å²) in [5.74, 6) is -0.103. The van der Waals surface area contributed by atoms with E-state index < -0.39 is 0 Å². The van der Waals surface area contributed by atoms with Crippen molar-refractivity contribution < 1.29 is 9.53 Å². The second-order valence-electron chi connectivity index (χ2n) is 6.40. The quantitative estimate of drug-likeness (QED) is 0.362. The van der Waals surface area contributed by atoms with Crippen molar-refractivity contribution in [2.75, 3.05) is 6.61 Å². The Hall–Kier alpha value is -0.842. The van der Waals surface area contributed by atoms with Gasteiger partial charge in [-0.05, 0) is 0 Å². The number of hydrogen-bond acceptors (Lipinski definition) is 3. The van der Waals surface area contributed by atoms with Crippen LogP contribution in [0.5, 0.6) is 0 Å². The fourth-order valence-electron chi connectivity index (χ4n) is 3.23. The van der Waals surface area contributed by atoms with Crippen LogP contribution in [-0.4, -0.2) is 39.0 Å². The zero-order chi connectivity index (χ0) is 19.1.